The van der Waals surface area contributed by atoms with Crippen LogP contribution in [0.3, 0.4) is 0 Å². The summed E-state index contributed by atoms with van der Waals surface area (Å²) in [6, 6.07) is 1.57. The fourth-order valence-corrected chi connectivity index (χ4v) is 2.87. The van der Waals surface area contributed by atoms with Crippen molar-refractivity contribution in [3.8, 4) is 5.88 Å². The van der Waals surface area contributed by atoms with E-state index in [0.29, 0.717) is 24.0 Å². The molecule has 2 atom stereocenters. The number of esters is 1. The predicted octanol–water partition coefficient (Wildman–Crippen LogP) is 3.19. The quantitative estimate of drug-likeness (QED) is 0.844. The summed E-state index contributed by atoms with van der Waals surface area (Å²) in [5, 5.41) is 0. The second-order valence-electron chi connectivity index (χ2n) is 5.41. The SMILES string of the molecule is CCOC(=O)c1ccnc(OC2CCCCC2CC)c1N. The third-order valence-electron chi connectivity index (χ3n) is 4.08. The van der Waals surface area contributed by atoms with Crippen LogP contribution in [0.1, 0.15) is 56.3 Å². The monoisotopic (exact) mass is 292 g/mol. The Labute approximate surface area is 125 Å². The first-order valence-corrected chi connectivity index (χ1v) is 7.75. The fraction of sp³-hybridized carbons (Fsp3) is 0.625. The van der Waals surface area contributed by atoms with Crippen LogP contribution in [-0.4, -0.2) is 23.7 Å². The van der Waals surface area contributed by atoms with Gasteiger partial charge in [0.05, 0.1) is 12.2 Å². The van der Waals surface area contributed by atoms with Crippen LogP contribution < -0.4 is 10.5 Å². The Kier molecular flexibility index (Phi) is 5.42. The molecule has 1 saturated carbocycles. The van der Waals surface area contributed by atoms with Gasteiger partial charge in [0.1, 0.15) is 11.8 Å². The lowest BCUT2D eigenvalue weighted by atomic mass is 9.85. The zero-order valence-corrected chi connectivity index (χ0v) is 12.8. The number of aromatic nitrogens is 1. The molecule has 2 unspecified atom stereocenters. The van der Waals surface area contributed by atoms with Gasteiger partial charge >= 0.3 is 5.97 Å². The highest BCUT2D eigenvalue weighted by Crippen LogP contribution is 2.32. The van der Waals surface area contributed by atoms with Crippen molar-refractivity contribution < 1.29 is 14.3 Å². The van der Waals surface area contributed by atoms with E-state index in [4.69, 9.17) is 15.2 Å². The molecule has 1 aromatic rings. The van der Waals surface area contributed by atoms with Crippen molar-refractivity contribution in [1.29, 1.82) is 0 Å². The summed E-state index contributed by atoms with van der Waals surface area (Å²) >= 11 is 0. The average Bonchev–Trinajstić information content (AvgIpc) is 2.50. The number of carbonyl (C=O) groups excluding carboxylic acids is 1. The van der Waals surface area contributed by atoms with Gasteiger partial charge in [0.25, 0.3) is 0 Å². The Balaban J connectivity index is 2.16. The van der Waals surface area contributed by atoms with Gasteiger partial charge in [-0.15, -0.1) is 0 Å². The maximum Gasteiger partial charge on any atom is 0.340 e. The third kappa shape index (κ3) is 3.65. The molecule has 0 bridgehead atoms. The molecule has 0 amide bonds. The summed E-state index contributed by atoms with van der Waals surface area (Å²) in [6.07, 6.45) is 7.38. The van der Waals surface area contributed by atoms with Crippen molar-refractivity contribution in [2.75, 3.05) is 12.3 Å². The molecule has 2 rings (SSSR count). The van der Waals surface area contributed by atoms with Crippen LogP contribution in [0.15, 0.2) is 12.3 Å². The number of nitrogens with two attached hydrogens (primary N) is 1. The van der Waals surface area contributed by atoms with E-state index in [1.54, 1.807) is 19.2 Å². The Bertz CT molecular complexity index is 490. The Morgan fingerprint density at radius 1 is 1.38 bits per heavy atom. The smallest absolute Gasteiger partial charge is 0.340 e. The minimum Gasteiger partial charge on any atom is -0.473 e. The highest BCUT2D eigenvalue weighted by molar-refractivity contribution is 5.96. The van der Waals surface area contributed by atoms with E-state index in [9.17, 15) is 4.79 Å². The van der Waals surface area contributed by atoms with Gasteiger partial charge in [0.15, 0.2) is 0 Å². The van der Waals surface area contributed by atoms with Crippen LogP contribution in [0.2, 0.25) is 0 Å². The third-order valence-corrected chi connectivity index (χ3v) is 4.08. The van der Waals surface area contributed by atoms with E-state index < -0.39 is 5.97 Å². The first kappa shape index (κ1) is 15.6. The Morgan fingerprint density at radius 2 is 2.14 bits per heavy atom. The van der Waals surface area contributed by atoms with Crippen LogP contribution in [0, 0.1) is 5.92 Å². The maximum absolute atomic E-state index is 11.8. The van der Waals surface area contributed by atoms with E-state index >= 15 is 0 Å². The maximum atomic E-state index is 11.8. The van der Waals surface area contributed by atoms with Gasteiger partial charge < -0.3 is 15.2 Å². The number of rotatable bonds is 5. The standard InChI is InChI=1S/C16H24N2O3/c1-3-11-7-5-6-8-13(11)21-15-14(17)12(9-10-18-15)16(19)20-4-2/h9-11,13H,3-8,17H2,1-2H3. The molecule has 1 fully saturated rings. The van der Waals surface area contributed by atoms with Gasteiger partial charge in [-0.05, 0) is 44.6 Å². The number of pyridine rings is 1. The van der Waals surface area contributed by atoms with E-state index in [1.165, 1.54) is 19.3 Å². The normalized spacial score (nSPS) is 21.8. The molecule has 5 heteroatoms. The van der Waals surface area contributed by atoms with E-state index in [0.717, 1.165) is 12.8 Å². The second kappa shape index (κ2) is 7.29. The van der Waals surface area contributed by atoms with Crippen LogP contribution in [-0.2, 0) is 4.74 Å². The number of hydrogen-bond donors (Lipinski definition) is 1. The highest BCUT2D eigenvalue weighted by Gasteiger charge is 2.27. The van der Waals surface area contributed by atoms with Crippen LogP contribution in [0.4, 0.5) is 5.69 Å². The second-order valence-corrected chi connectivity index (χ2v) is 5.41. The summed E-state index contributed by atoms with van der Waals surface area (Å²) in [5.41, 5.74) is 6.63. The number of ether oxygens (including phenoxy) is 2. The van der Waals surface area contributed by atoms with Gasteiger partial charge in [0.2, 0.25) is 5.88 Å². The zero-order valence-electron chi connectivity index (χ0n) is 12.8. The molecule has 0 saturated heterocycles. The fourth-order valence-electron chi connectivity index (χ4n) is 2.87. The van der Waals surface area contributed by atoms with E-state index in [1.807, 2.05) is 0 Å². The number of anilines is 1. The molecule has 5 nitrogen and oxygen atoms in total. The molecular weight excluding hydrogens is 268 g/mol. The van der Waals surface area contributed by atoms with Gasteiger partial charge in [-0.25, -0.2) is 9.78 Å². The topological polar surface area (TPSA) is 74.4 Å². The molecule has 1 aromatic heterocycles. The first-order valence-electron chi connectivity index (χ1n) is 7.75. The molecule has 0 aliphatic heterocycles. The lowest BCUT2D eigenvalue weighted by Crippen LogP contribution is -2.30. The molecule has 2 N–H and O–H groups in total. The number of hydrogen-bond acceptors (Lipinski definition) is 5. The van der Waals surface area contributed by atoms with Crippen molar-refractivity contribution in [3.63, 3.8) is 0 Å². The summed E-state index contributed by atoms with van der Waals surface area (Å²) in [7, 11) is 0. The molecule has 116 valence electrons. The molecule has 0 spiro atoms. The molecular formula is C16H24N2O3. The first-order chi connectivity index (χ1) is 10.2. The molecule has 1 aliphatic carbocycles. The van der Waals surface area contributed by atoms with E-state index in [2.05, 4.69) is 11.9 Å². The Morgan fingerprint density at radius 3 is 2.86 bits per heavy atom. The van der Waals surface area contributed by atoms with Crippen LogP contribution >= 0.6 is 0 Å². The Hall–Kier alpha value is -1.78. The summed E-state index contributed by atoms with van der Waals surface area (Å²) in [4.78, 5) is 16.0. The van der Waals surface area contributed by atoms with E-state index in [-0.39, 0.29) is 11.8 Å². The summed E-state index contributed by atoms with van der Waals surface area (Å²) < 4.78 is 11.0. The van der Waals surface area contributed by atoms with Crippen molar-refractivity contribution in [2.24, 2.45) is 5.92 Å². The summed E-state index contributed by atoms with van der Waals surface area (Å²) in [5.74, 6) is 0.454. The van der Waals surface area contributed by atoms with Crippen molar-refractivity contribution in [1.82, 2.24) is 4.98 Å². The van der Waals surface area contributed by atoms with Gasteiger partial charge in [-0.1, -0.05) is 13.3 Å². The van der Waals surface area contributed by atoms with Gasteiger partial charge in [-0.2, -0.15) is 0 Å². The van der Waals surface area contributed by atoms with Crippen molar-refractivity contribution >= 4 is 11.7 Å². The molecule has 0 radical (unpaired) electrons. The van der Waals surface area contributed by atoms with Crippen molar-refractivity contribution in [3.05, 3.63) is 17.8 Å². The number of nitrogen functional groups attached to an aromatic ring is 1. The lowest BCUT2D eigenvalue weighted by Gasteiger charge is -2.31. The molecule has 0 aromatic carbocycles. The minimum absolute atomic E-state index is 0.135. The zero-order chi connectivity index (χ0) is 15.2. The number of carbonyl (C=O) groups is 1. The van der Waals surface area contributed by atoms with Crippen molar-refractivity contribution in [2.45, 2.75) is 52.1 Å². The number of nitrogens with zero attached hydrogens (tertiary/aromatic N) is 1. The minimum atomic E-state index is -0.432. The molecule has 1 aliphatic rings. The van der Waals surface area contributed by atoms with Gasteiger partial charge in [-0.3, -0.25) is 0 Å². The molecule has 21 heavy (non-hydrogen) atoms. The van der Waals surface area contributed by atoms with Gasteiger partial charge in [0, 0.05) is 6.20 Å². The summed E-state index contributed by atoms with van der Waals surface area (Å²) in [6.45, 7) is 4.26. The van der Waals surface area contributed by atoms with Crippen LogP contribution in [0.25, 0.3) is 0 Å². The van der Waals surface area contributed by atoms with Crippen LogP contribution in [0.5, 0.6) is 5.88 Å². The predicted molar refractivity (Wildman–Crippen MR) is 81.3 cm³/mol. The average molecular weight is 292 g/mol. The largest absolute Gasteiger partial charge is 0.473 e. The molecule has 1 heterocycles. The lowest BCUT2D eigenvalue weighted by molar-refractivity contribution is 0.0525. The highest BCUT2D eigenvalue weighted by atomic mass is 16.5.